The van der Waals surface area contributed by atoms with Crippen molar-refractivity contribution < 1.29 is 9.13 Å². The largest absolute Gasteiger partial charge is 0.368 e. The first-order valence-corrected chi connectivity index (χ1v) is 6.75. The molecule has 2 rings (SSSR count). The van der Waals surface area contributed by atoms with Crippen LogP contribution in [0.3, 0.4) is 0 Å². The molecule has 0 bridgehead atoms. The molecule has 18 heavy (non-hydrogen) atoms. The standard InChI is InChI=1S/C14H19ClFNO/c1-9(2)5-11-7-17-8-14(18-11)10-3-4-13(16)12(15)6-10/h3-4,6,9,11,14,17H,5,7-8H2,1-2H3. The van der Waals surface area contributed by atoms with Crippen LogP contribution in [0.25, 0.3) is 0 Å². The van der Waals surface area contributed by atoms with Crippen LogP contribution >= 0.6 is 11.6 Å². The molecule has 1 heterocycles. The number of halogens is 2. The Morgan fingerprint density at radius 3 is 2.89 bits per heavy atom. The highest BCUT2D eigenvalue weighted by Gasteiger charge is 2.24. The van der Waals surface area contributed by atoms with Crippen LogP contribution in [0, 0.1) is 11.7 Å². The molecular weight excluding hydrogens is 253 g/mol. The maximum absolute atomic E-state index is 13.1. The third kappa shape index (κ3) is 3.44. The van der Waals surface area contributed by atoms with Crippen LogP contribution < -0.4 is 5.32 Å². The third-order valence-corrected chi connectivity index (χ3v) is 3.40. The molecule has 1 fully saturated rings. The monoisotopic (exact) mass is 271 g/mol. The van der Waals surface area contributed by atoms with Crippen molar-refractivity contribution in [2.24, 2.45) is 5.92 Å². The van der Waals surface area contributed by atoms with Crippen molar-refractivity contribution in [1.82, 2.24) is 5.32 Å². The summed E-state index contributed by atoms with van der Waals surface area (Å²) < 4.78 is 19.2. The Bertz CT molecular complexity index is 411. The number of rotatable bonds is 3. The molecule has 1 aromatic carbocycles. The summed E-state index contributed by atoms with van der Waals surface area (Å²) in [4.78, 5) is 0. The Morgan fingerprint density at radius 1 is 1.44 bits per heavy atom. The molecular formula is C14H19ClFNO. The van der Waals surface area contributed by atoms with Crippen molar-refractivity contribution in [1.29, 1.82) is 0 Å². The molecule has 100 valence electrons. The molecule has 1 aromatic rings. The summed E-state index contributed by atoms with van der Waals surface area (Å²) in [6.45, 7) is 5.99. The smallest absolute Gasteiger partial charge is 0.141 e. The van der Waals surface area contributed by atoms with Gasteiger partial charge in [0.25, 0.3) is 0 Å². The molecule has 0 aliphatic carbocycles. The fraction of sp³-hybridized carbons (Fsp3) is 0.571. The van der Waals surface area contributed by atoms with Gasteiger partial charge in [-0.3, -0.25) is 0 Å². The number of hydrogen-bond acceptors (Lipinski definition) is 2. The Balaban J connectivity index is 2.05. The van der Waals surface area contributed by atoms with Gasteiger partial charge in [-0.15, -0.1) is 0 Å². The normalized spacial score (nSPS) is 24.5. The van der Waals surface area contributed by atoms with E-state index in [4.69, 9.17) is 16.3 Å². The summed E-state index contributed by atoms with van der Waals surface area (Å²) in [6, 6.07) is 4.79. The van der Waals surface area contributed by atoms with Crippen LogP contribution in [0.4, 0.5) is 4.39 Å². The summed E-state index contributed by atoms with van der Waals surface area (Å²) in [7, 11) is 0. The van der Waals surface area contributed by atoms with Crippen molar-refractivity contribution in [2.45, 2.75) is 32.5 Å². The third-order valence-electron chi connectivity index (χ3n) is 3.11. The molecule has 0 aromatic heterocycles. The van der Waals surface area contributed by atoms with Crippen molar-refractivity contribution in [3.8, 4) is 0 Å². The van der Waals surface area contributed by atoms with Gasteiger partial charge in [-0.05, 0) is 30.0 Å². The molecule has 0 radical (unpaired) electrons. The second-order valence-corrected chi connectivity index (χ2v) is 5.62. The van der Waals surface area contributed by atoms with E-state index >= 15 is 0 Å². The van der Waals surface area contributed by atoms with Crippen molar-refractivity contribution in [2.75, 3.05) is 13.1 Å². The minimum atomic E-state index is -0.386. The first kappa shape index (κ1) is 13.8. The van der Waals surface area contributed by atoms with Crippen LogP contribution in [-0.2, 0) is 4.74 Å². The van der Waals surface area contributed by atoms with Crippen LogP contribution in [0.1, 0.15) is 31.9 Å². The highest BCUT2D eigenvalue weighted by molar-refractivity contribution is 6.30. The lowest BCUT2D eigenvalue weighted by Crippen LogP contribution is -2.41. The van der Waals surface area contributed by atoms with Crippen molar-refractivity contribution >= 4 is 11.6 Å². The van der Waals surface area contributed by atoms with E-state index in [0.717, 1.165) is 25.1 Å². The predicted molar refractivity (Wildman–Crippen MR) is 71.3 cm³/mol. The van der Waals surface area contributed by atoms with Gasteiger partial charge in [0.2, 0.25) is 0 Å². The molecule has 0 saturated carbocycles. The summed E-state index contributed by atoms with van der Waals surface area (Å²) in [5, 5.41) is 3.52. The number of hydrogen-bond donors (Lipinski definition) is 1. The van der Waals surface area contributed by atoms with E-state index < -0.39 is 0 Å². The fourth-order valence-electron chi connectivity index (χ4n) is 2.28. The Kier molecular flexibility index (Phi) is 4.60. The lowest BCUT2D eigenvalue weighted by molar-refractivity contribution is -0.0474. The second-order valence-electron chi connectivity index (χ2n) is 5.21. The van der Waals surface area contributed by atoms with E-state index in [1.807, 2.05) is 0 Å². The molecule has 1 N–H and O–H groups in total. The average Bonchev–Trinajstić information content (AvgIpc) is 2.32. The summed E-state index contributed by atoms with van der Waals surface area (Å²) >= 11 is 5.80. The average molecular weight is 272 g/mol. The summed E-state index contributed by atoms with van der Waals surface area (Å²) in [5.74, 6) is 0.218. The SMILES string of the molecule is CC(C)CC1CNCC(c2ccc(F)c(Cl)c2)O1. The van der Waals surface area contributed by atoms with Crippen LogP contribution in [-0.4, -0.2) is 19.2 Å². The highest BCUT2D eigenvalue weighted by Crippen LogP contribution is 2.27. The number of ether oxygens (including phenoxy) is 1. The lowest BCUT2D eigenvalue weighted by atomic mass is 10.0. The number of benzene rings is 1. The van der Waals surface area contributed by atoms with E-state index in [1.165, 1.54) is 6.07 Å². The van der Waals surface area contributed by atoms with E-state index in [1.54, 1.807) is 12.1 Å². The molecule has 4 heteroatoms. The van der Waals surface area contributed by atoms with Gasteiger partial charge in [-0.1, -0.05) is 31.5 Å². The lowest BCUT2D eigenvalue weighted by Gasteiger charge is -2.32. The minimum absolute atomic E-state index is 0.0411. The number of nitrogens with one attached hydrogen (secondary N) is 1. The molecule has 1 aliphatic heterocycles. The summed E-state index contributed by atoms with van der Waals surface area (Å²) in [5.41, 5.74) is 0.933. The molecule has 1 saturated heterocycles. The van der Waals surface area contributed by atoms with E-state index in [9.17, 15) is 4.39 Å². The van der Waals surface area contributed by atoms with Crippen LogP contribution in [0.2, 0.25) is 5.02 Å². The van der Waals surface area contributed by atoms with Crippen molar-refractivity contribution in [3.05, 3.63) is 34.6 Å². The van der Waals surface area contributed by atoms with Gasteiger partial charge < -0.3 is 10.1 Å². The van der Waals surface area contributed by atoms with Gasteiger partial charge in [0, 0.05) is 13.1 Å². The molecule has 2 unspecified atom stereocenters. The zero-order valence-corrected chi connectivity index (χ0v) is 11.5. The van der Waals surface area contributed by atoms with E-state index in [0.29, 0.717) is 5.92 Å². The maximum atomic E-state index is 13.1. The maximum Gasteiger partial charge on any atom is 0.141 e. The van der Waals surface area contributed by atoms with Gasteiger partial charge in [-0.25, -0.2) is 4.39 Å². The molecule has 0 spiro atoms. The molecule has 2 atom stereocenters. The predicted octanol–water partition coefficient (Wildman–Crippen LogP) is 3.55. The highest BCUT2D eigenvalue weighted by atomic mass is 35.5. The quantitative estimate of drug-likeness (QED) is 0.908. The van der Waals surface area contributed by atoms with Crippen LogP contribution in [0.15, 0.2) is 18.2 Å². The van der Waals surface area contributed by atoms with Gasteiger partial charge in [0.15, 0.2) is 0 Å². The molecule has 1 aliphatic rings. The van der Waals surface area contributed by atoms with Crippen LogP contribution in [0.5, 0.6) is 0 Å². The topological polar surface area (TPSA) is 21.3 Å². The summed E-state index contributed by atoms with van der Waals surface area (Å²) in [6.07, 6.45) is 1.20. The zero-order chi connectivity index (χ0) is 13.1. The van der Waals surface area contributed by atoms with Gasteiger partial charge in [0.05, 0.1) is 17.2 Å². The minimum Gasteiger partial charge on any atom is -0.368 e. The Morgan fingerprint density at radius 2 is 2.22 bits per heavy atom. The molecule has 2 nitrogen and oxygen atoms in total. The fourth-order valence-corrected chi connectivity index (χ4v) is 2.47. The first-order valence-electron chi connectivity index (χ1n) is 6.37. The first-order chi connectivity index (χ1) is 8.56. The number of morpholine rings is 1. The zero-order valence-electron chi connectivity index (χ0n) is 10.7. The van der Waals surface area contributed by atoms with Crippen molar-refractivity contribution in [3.63, 3.8) is 0 Å². The van der Waals surface area contributed by atoms with Gasteiger partial charge in [-0.2, -0.15) is 0 Å². The van der Waals surface area contributed by atoms with Gasteiger partial charge >= 0.3 is 0 Å². The Labute approximate surface area is 112 Å². The Hall–Kier alpha value is -0.640. The van der Waals surface area contributed by atoms with Gasteiger partial charge in [0.1, 0.15) is 5.82 Å². The van der Waals surface area contributed by atoms with E-state index in [-0.39, 0.29) is 23.0 Å². The molecule has 0 amide bonds. The second kappa shape index (κ2) is 6.00. The van der Waals surface area contributed by atoms with E-state index in [2.05, 4.69) is 19.2 Å².